The predicted octanol–water partition coefficient (Wildman–Crippen LogP) is 3.43. The second kappa shape index (κ2) is 8.32. The molecular formula is C21H26O3. The third-order valence-corrected chi connectivity index (χ3v) is 4.80. The summed E-state index contributed by atoms with van der Waals surface area (Å²) in [5.41, 5.74) is 4.85. The summed E-state index contributed by atoms with van der Waals surface area (Å²) in [5.74, 6) is 0.852. The molecule has 0 saturated carbocycles. The third kappa shape index (κ3) is 4.37. The lowest BCUT2D eigenvalue weighted by atomic mass is 9.92. The Morgan fingerprint density at radius 1 is 0.958 bits per heavy atom. The first kappa shape index (κ1) is 17.0. The van der Waals surface area contributed by atoms with Gasteiger partial charge in [0, 0.05) is 0 Å². The van der Waals surface area contributed by atoms with E-state index in [1.54, 1.807) is 0 Å². The van der Waals surface area contributed by atoms with Crippen molar-refractivity contribution in [3.8, 4) is 5.75 Å². The number of hydrogen-bond acceptors (Lipinski definition) is 3. The van der Waals surface area contributed by atoms with Crippen LogP contribution in [-0.4, -0.2) is 22.9 Å². The molecule has 0 heterocycles. The van der Waals surface area contributed by atoms with Crippen LogP contribution in [0.4, 0.5) is 0 Å². The molecule has 1 aliphatic rings. The molecule has 0 spiro atoms. The van der Waals surface area contributed by atoms with Gasteiger partial charge in [-0.15, -0.1) is 0 Å². The molecule has 128 valence electrons. The number of aliphatic hydroxyl groups is 2. The van der Waals surface area contributed by atoms with Crippen molar-refractivity contribution in [3.05, 3.63) is 64.7 Å². The molecule has 0 saturated heterocycles. The van der Waals surface area contributed by atoms with Crippen LogP contribution >= 0.6 is 0 Å². The molecule has 0 radical (unpaired) electrons. The van der Waals surface area contributed by atoms with Crippen molar-refractivity contribution in [1.29, 1.82) is 0 Å². The molecule has 3 rings (SSSR count). The number of fused-ring (bicyclic) bond motifs is 1. The highest BCUT2D eigenvalue weighted by molar-refractivity contribution is 5.37. The summed E-state index contributed by atoms with van der Waals surface area (Å²) < 4.78 is 5.78. The molecule has 24 heavy (non-hydrogen) atoms. The maximum atomic E-state index is 10.2. The van der Waals surface area contributed by atoms with Crippen LogP contribution in [0.2, 0.25) is 0 Å². The second-order valence-electron chi connectivity index (χ2n) is 6.57. The van der Waals surface area contributed by atoms with Crippen molar-refractivity contribution in [2.24, 2.45) is 0 Å². The van der Waals surface area contributed by atoms with Gasteiger partial charge in [0.2, 0.25) is 0 Å². The lowest BCUT2D eigenvalue weighted by Gasteiger charge is -2.18. The van der Waals surface area contributed by atoms with E-state index in [-0.39, 0.29) is 6.61 Å². The predicted molar refractivity (Wildman–Crippen MR) is 95.3 cm³/mol. The molecule has 0 aliphatic heterocycles. The summed E-state index contributed by atoms with van der Waals surface area (Å²) in [4.78, 5) is 0. The Labute approximate surface area is 143 Å². The lowest BCUT2D eigenvalue weighted by molar-refractivity contribution is 0.100. The maximum Gasteiger partial charge on any atom is 0.119 e. The smallest absolute Gasteiger partial charge is 0.119 e. The van der Waals surface area contributed by atoms with Crippen molar-refractivity contribution in [1.82, 2.24) is 0 Å². The monoisotopic (exact) mass is 326 g/mol. The Kier molecular flexibility index (Phi) is 5.89. The van der Waals surface area contributed by atoms with Gasteiger partial charge in [0.25, 0.3) is 0 Å². The Hall–Kier alpha value is -1.84. The van der Waals surface area contributed by atoms with Crippen molar-refractivity contribution in [3.63, 3.8) is 0 Å². The van der Waals surface area contributed by atoms with Crippen molar-refractivity contribution >= 4 is 0 Å². The quantitative estimate of drug-likeness (QED) is 0.819. The van der Waals surface area contributed by atoms with E-state index in [4.69, 9.17) is 4.74 Å². The summed E-state index contributed by atoms with van der Waals surface area (Å²) in [5, 5.41) is 19.5. The molecule has 1 atom stereocenters. The van der Waals surface area contributed by atoms with Crippen LogP contribution in [0.15, 0.2) is 42.5 Å². The topological polar surface area (TPSA) is 49.7 Å². The molecule has 2 aromatic rings. The summed E-state index contributed by atoms with van der Waals surface area (Å²) in [6.45, 7) is 0.345. The molecule has 3 heteroatoms. The van der Waals surface area contributed by atoms with Crippen LogP contribution in [0.1, 0.15) is 41.5 Å². The van der Waals surface area contributed by atoms with Crippen LogP contribution < -0.4 is 4.74 Å². The highest BCUT2D eigenvalue weighted by Crippen LogP contribution is 2.25. The molecule has 0 amide bonds. The molecule has 2 aromatic carbocycles. The first-order valence-corrected chi connectivity index (χ1v) is 8.86. The molecular weight excluding hydrogens is 300 g/mol. The SMILES string of the molecule is OCc1ccccc1CCC(O)COc1ccc2c(c1)CCCC2. The van der Waals surface area contributed by atoms with E-state index in [0.29, 0.717) is 13.0 Å². The Bertz CT molecular complexity index is 666. The molecule has 1 aliphatic carbocycles. The molecule has 0 fully saturated rings. The van der Waals surface area contributed by atoms with Gasteiger partial charge in [-0.1, -0.05) is 30.3 Å². The number of rotatable bonds is 7. The maximum absolute atomic E-state index is 10.2. The number of aliphatic hydroxyl groups excluding tert-OH is 2. The first-order valence-electron chi connectivity index (χ1n) is 8.86. The highest BCUT2D eigenvalue weighted by atomic mass is 16.5. The molecule has 3 nitrogen and oxygen atoms in total. The number of hydrogen-bond donors (Lipinski definition) is 2. The van der Waals surface area contributed by atoms with E-state index >= 15 is 0 Å². The molecule has 0 bridgehead atoms. The van der Waals surface area contributed by atoms with E-state index in [2.05, 4.69) is 12.1 Å². The zero-order valence-corrected chi connectivity index (χ0v) is 14.1. The fraction of sp³-hybridized carbons (Fsp3) is 0.429. The number of aryl methyl sites for hydroxylation is 3. The van der Waals surface area contributed by atoms with Gasteiger partial charge in [0.05, 0.1) is 12.7 Å². The van der Waals surface area contributed by atoms with Crippen LogP contribution in [0, 0.1) is 0 Å². The van der Waals surface area contributed by atoms with E-state index in [0.717, 1.165) is 29.7 Å². The van der Waals surface area contributed by atoms with Gasteiger partial charge in [-0.05, 0) is 72.9 Å². The Morgan fingerprint density at radius 2 is 1.71 bits per heavy atom. The van der Waals surface area contributed by atoms with Gasteiger partial charge < -0.3 is 14.9 Å². The average Bonchev–Trinajstić information content (AvgIpc) is 2.64. The zero-order chi connectivity index (χ0) is 16.8. The minimum Gasteiger partial charge on any atom is -0.491 e. The van der Waals surface area contributed by atoms with Gasteiger partial charge >= 0.3 is 0 Å². The van der Waals surface area contributed by atoms with Crippen LogP contribution in [-0.2, 0) is 25.9 Å². The fourth-order valence-electron chi connectivity index (χ4n) is 3.35. The van der Waals surface area contributed by atoms with Crippen molar-refractivity contribution in [2.75, 3.05) is 6.61 Å². The largest absolute Gasteiger partial charge is 0.491 e. The summed E-state index contributed by atoms with van der Waals surface area (Å²) >= 11 is 0. The standard InChI is InChI=1S/C21H26O3/c22-14-19-8-4-2-6-17(19)9-11-20(23)15-24-21-12-10-16-5-1-3-7-18(16)13-21/h2,4,6,8,10,12-13,20,22-23H,1,3,5,7,9,11,14-15H2. The van der Waals surface area contributed by atoms with E-state index in [1.165, 1.54) is 30.4 Å². The van der Waals surface area contributed by atoms with Gasteiger partial charge in [-0.3, -0.25) is 0 Å². The highest BCUT2D eigenvalue weighted by Gasteiger charge is 2.11. The Balaban J connectivity index is 1.49. The van der Waals surface area contributed by atoms with Gasteiger partial charge in [0.15, 0.2) is 0 Å². The third-order valence-electron chi connectivity index (χ3n) is 4.80. The number of ether oxygens (including phenoxy) is 1. The zero-order valence-electron chi connectivity index (χ0n) is 14.1. The lowest BCUT2D eigenvalue weighted by Crippen LogP contribution is -2.18. The fourth-order valence-corrected chi connectivity index (χ4v) is 3.35. The molecule has 1 unspecified atom stereocenters. The summed E-state index contributed by atoms with van der Waals surface area (Å²) in [6.07, 6.45) is 5.70. The van der Waals surface area contributed by atoms with Crippen molar-refractivity contribution in [2.45, 2.75) is 51.2 Å². The molecule has 2 N–H and O–H groups in total. The minimum absolute atomic E-state index is 0.0396. The van der Waals surface area contributed by atoms with Crippen molar-refractivity contribution < 1.29 is 14.9 Å². The minimum atomic E-state index is -0.507. The van der Waals surface area contributed by atoms with Gasteiger partial charge in [0.1, 0.15) is 12.4 Å². The second-order valence-corrected chi connectivity index (χ2v) is 6.57. The normalized spacial score (nSPS) is 14.9. The van der Waals surface area contributed by atoms with Crippen LogP contribution in [0.5, 0.6) is 5.75 Å². The number of benzene rings is 2. The van der Waals surface area contributed by atoms with E-state index < -0.39 is 6.10 Å². The van der Waals surface area contributed by atoms with Crippen LogP contribution in [0.3, 0.4) is 0 Å². The Morgan fingerprint density at radius 3 is 2.50 bits per heavy atom. The van der Waals surface area contributed by atoms with E-state index in [1.807, 2.05) is 30.3 Å². The first-order chi connectivity index (χ1) is 11.8. The van der Waals surface area contributed by atoms with Gasteiger partial charge in [-0.2, -0.15) is 0 Å². The summed E-state index contributed by atoms with van der Waals surface area (Å²) in [7, 11) is 0. The average molecular weight is 326 g/mol. The van der Waals surface area contributed by atoms with E-state index in [9.17, 15) is 10.2 Å². The van der Waals surface area contributed by atoms with Crippen LogP contribution in [0.25, 0.3) is 0 Å². The van der Waals surface area contributed by atoms with Gasteiger partial charge in [-0.25, -0.2) is 0 Å². The summed E-state index contributed by atoms with van der Waals surface area (Å²) in [6, 6.07) is 14.1. The molecule has 0 aromatic heterocycles.